The highest BCUT2D eigenvalue weighted by molar-refractivity contribution is 7.98. The van der Waals surface area contributed by atoms with Crippen molar-refractivity contribution in [3.05, 3.63) is 95.1 Å². The minimum Gasteiger partial charge on any atom is -0.462 e. The molecule has 0 heterocycles. The Morgan fingerprint density at radius 1 is 0.897 bits per heavy atom. The Kier molecular flexibility index (Phi) is 7.09. The van der Waals surface area contributed by atoms with Gasteiger partial charge in [-0.3, -0.25) is 4.79 Å². The van der Waals surface area contributed by atoms with Crippen molar-refractivity contribution >= 4 is 29.3 Å². The fourth-order valence-corrected chi connectivity index (χ4v) is 3.91. The van der Waals surface area contributed by atoms with Crippen molar-refractivity contribution in [2.75, 3.05) is 11.9 Å². The van der Waals surface area contributed by atoms with Gasteiger partial charge in [0.1, 0.15) is 0 Å². The fraction of sp³-hybridized carbons (Fsp3) is 0.167. The number of hydrogen-bond donors (Lipinski definition) is 1. The smallest absolute Gasteiger partial charge is 0.338 e. The Balaban J connectivity index is 1.78. The SMILES string of the molecule is CCOC(=O)c1cccc(NC(=O)c2ccccc2SCc2ccccc2)c1C. The van der Waals surface area contributed by atoms with Crippen molar-refractivity contribution in [3.8, 4) is 0 Å². The van der Waals surface area contributed by atoms with Gasteiger partial charge in [-0.2, -0.15) is 0 Å². The van der Waals surface area contributed by atoms with E-state index in [4.69, 9.17) is 4.74 Å². The molecule has 148 valence electrons. The van der Waals surface area contributed by atoms with E-state index < -0.39 is 0 Å². The summed E-state index contributed by atoms with van der Waals surface area (Å²) in [5.74, 6) is 0.188. The molecule has 3 rings (SSSR count). The Hall–Kier alpha value is -3.05. The van der Waals surface area contributed by atoms with E-state index in [9.17, 15) is 9.59 Å². The molecule has 0 saturated heterocycles. The van der Waals surface area contributed by atoms with Gasteiger partial charge in [0.25, 0.3) is 5.91 Å². The molecule has 1 N–H and O–H groups in total. The first-order valence-electron chi connectivity index (χ1n) is 9.44. The number of amides is 1. The molecule has 0 aliphatic rings. The molecule has 0 spiro atoms. The summed E-state index contributed by atoms with van der Waals surface area (Å²) in [6.07, 6.45) is 0. The highest BCUT2D eigenvalue weighted by Gasteiger charge is 2.16. The second-order valence-electron chi connectivity index (χ2n) is 6.42. The van der Waals surface area contributed by atoms with E-state index in [1.165, 1.54) is 5.56 Å². The third-order valence-corrected chi connectivity index (χ3v) is 5.59. The van der Waals surface area contributed by atoms with E-state index in [0.29, 0.717) is 29.0 Å². The van der Waals surface area contributed by atoms with Gasteiger partial charge in [-0.15, -0.1) is 11.8 Å². The van der Waals surface area contributed by atoms with Crippen molar-refractivity contribution in [1.29, 1.82) is 0 Å². The van der Waals surface area contributed by atoms with Crippen molar-refractivity contribution in [2.24, 2.45) is 0 Å². The van der Waals surface area contributed by atoms with Crippen LogP contribution < -0.4 is 5.32 Å². The second-order valence-corrected chi connectivity index (χ2v) is 7.44. The quantitative estimate of drug-likeness (QED) is 0.404. The zero-order valence-electron chi connectivity index (χ0n) is 16.5. The Morgan fingerprint density at radius 3 is 2.34 bits per heavy atom. The molecule has 5 heteroatoms. The maximum absolute atomic E-state index is 13.0. The molecule has 0 aromatic heterocycles. The second kappa shape index (κ2) is 9.94. The van der Waals surface area contributed by atoms with Gasteiger partial charge in [0.05, 0.1) is 17.7 Å². The third kappa shape index (κ3) is 5.27. The number of thioether (sulfide) groups is 1. The number of ether oxygens (including phenoxy) is 1. The van der Waals surface area contributed by atoms with E-state index in [1.54, 1.807) is 43.8 Å². The van der Waals surface area contributed by atoms with Gasteiger partial charge in [-0.25, -0.2) is 4.79 Å². The largest absolute Gasteiger partial charge is 0.462 e. The summed E-state index contributed by atoms with van der Waals surface area (Å²) < 4.78 is 5.09. The number of benzene rings is 3. The van der Waals surface area contributed by atoms with Crippen LogP contribution in [0, 0.1) is 6.92 Å². The first-order valence-corrected chi connectivity index (χ1v) is 10.4. The standard InChI is InChI=1S/C24H23NO3S/c1-3-28-24(27)19-13-9-14-21(17(19)2)25-23(26)20-12-7-8-15-22(20)29-16-18-10-5-4-6-11-18/h4-15H,3,16H2,1-2H3,(H,25,26). The number of carbonyl (C=O) groups is 2. The Morgan fingerprint density at radius 2 is 1.59 bits per heavy atom. The maximum atomic E-state index is 13.0. The van der Waals surface area contributed by atoms with Crippen LogP contribution >= 0.6 is 11.8 Å². The van der Waals surface area contributed by atoms with E-state index in [-0.39, 0.29) is 11.9 Å². The number of hydrogen-bond acceptors (Lipinski definition) is 4. The lowest BCUT2D eigenvalue weighted by molar-refractivity contribution is 0.0525. The van der Waals surface area contributed by atoms with Crippen LogP contribution in [0.1, 0.15) is 38.8 Å². The zero-order chi connectivity index (χ0) is 20.6. The lowest BCUT2D eigenvalue weighted by Gasteiger charge is -2.13. The molecule has 0 unspecified atom stereocenters. The lowest BCUT2D eigenvalue weighted by atomic mass is 10.1. The van der Waals surface area contributed by atoms with E-state index in [2.05, 4.69) is 17.4 Å². The van der Waals surface area contributed by atoms with Gasteiger partial charge in [0.15, 0.2) is 0 Å². The van der Waals surface area contributed by atoms with E-state index >= 15 is 0 Å². The Bertz CT molecular complexity index is 1000. The summed E-state index contributed by atoms with van der Waals surface area (Å²) in [5, 5.41) is 2.94. The van der Waals surface area contributed by atoms with Crippen LogP contribution in [0.3, 0.4) is 0 Å². The molecule has 0 bridgehead atoms. The predicted molar refractivity (Wildman–Crippen MR) is 118 cm³/mol. The molecule has 0 aliphatic heterocycles. The Labute approximate surface area is 175 Å². The first-order chi connectivity index (χ1) is 14.1. The van der Waals surface area contributed by atoms with Crippen LogP contribution in [-0.2, 0) is 10.5 Å². The summed E-state index contributed by atoms with van der Waals surface area (Å²) in [6, 6.07) is 22.9. The summed E-state index contributed by atoms with van der Waals surface area (Å²) in [5.41, 5.74) is 3.55. The van der Waals surface area contributed by atoms with E-state index in [1.807, 2.05) is 42.5 Å². The number of nitrogens with one attached hydrogen (secondary N) is 1. The van der Waals surface area contributed by atoms with Crippen molar-refractivity contribution < 1.29 is 14.3 Å². The van der Waals surface area contributed by atoms with Crippen molar-refractivity contribution in [1.82, 2.24) is 0 Å². The zero-order valence-corrected chi connectivity index (χ0v) is 17.3. The highest BCUT2D eigenvalue weighted by Crippen LogP contribution is 2.28. The van der Waals surface area contributed by atoms with Crippen LogP contribution in [0.2, 0.25) is 0 Å². The van der Waals surface area contributed by atoms with Crippen LogP contribution in [0.25, 0.3) is 0 Å². The minimum absolute atomic E-state index is 0.203. The molecule has 0 atom stereocenters. The molecule has 3 aromatic carbocycles. The van der Waals surface area contributed by atoms with Gasteiger partial charge in [0.2, 0.25) is 0 Å². The van der Waals surface area contributed by atoms with Gasteiger partial charge in [0, 0.05) is 16.3 Å². The van der Waals surface area contributed by atoms with Crippen LogP contribution in [0.15, 0.2) is 77.7 Å². The summed E-state index contributed by atoms with van der Waals surface area (Å²) in [6.45, 7) is 3.88. The molecule has 0 saturated carbocycles. The monoisotopic (exact) mass is 405 g/mol. The number of rotatable bonds is 7. The van der Waals surface area contributed by atoms with Crippen LogP contribution in [0.5, 0.6) is 0 Å². The molecule has 0 fully saturated rings. The number of esters is 1. The van der Waals surface area contributed by atoms with Crippen LogP contribution in [0.4, 0.5) is 5.69 Å². The molecule has 3 aromatic rings. The van der Waals surface area contributed by atoms with Crippen molar-refractivity contribution in [2.45, 2.75) is 24.5 Å². The number of anilines is 1. The summed E-state index contributed by atoms with van der Waals surface area (Å²) in [7, 11) is 0. The number of carbonyl (C=O) groups excluding carboxylic acids is 2. The topological polar surface area (TPSA) is 55.4 Å². The molecule has 1 amide bonds. The summed E-state index contributed by atoms with van der Waals surface area (Å²) in [4.78, 5) is 26.0. The van der Waals surface area contributed by atoms with Gasteiger partial charge in [-0.05, 0) is 49.2 Å². The maximum Gasteiger partial charge on any atom is 0.338 e. The average Bonchev–Trinajstić information content (AvgIpc) is 2.75. The lowest BCUT2D eigenvalue weighted by Crippen LogP contribution is -2.15. The molecular formula is C24H23NO3S. The highest BCUT2D eigenvalue weighted by atomic mass is 32.2. The van der Waals surface area contributed by atoms with Crippen molar-refractivity contribution in [3.63, 3.8) is 0 Å². The molecular weight excluding hydrogens is 382 g/mol. The third-order valence-electron chi connectivity index (χ3n) is 4.45. The average molecular weight is 406 g/mol. The fourth-order valence-electron chi connectivity index (χ4n) is 2.91. The molecule has 29 heavy (non-hydrogen) atoms. The van der Waals surface area contributed by atoms with Gasteiger partial charge >= 0.3 is 5.97 Å². The minimum atomic E-state index is -0.389. The molecule has 4 nitrogen and oxygen atoms in total. The normalized spacial score (nSPS) is 10.4. The summed E-state index contributed by atoms with van der Waals surface area (Å²) >= 11 is 1.62. The van der Waals surface area contributed by atoms with E-state index in [0.717, 1.165) is 10.6 Å². The first kappa shape index (κ1) is 20.7. The van der Waals surface area contributed by atoms with Gasteiger partial charge < -0.3 is 10.1 Å². The molecule has 0 aliphatic carbocycles. The molecule has 0 radical (unpaired) electrons. The van der Waals surface area contributed by atoms with Gasteiger partial charge in [-0.1, -0.05) is 48.5 Å². The predicted octanol–water partition coefficient (Wildman–Crippen LogP) is 5.72. The van der Waals surface area contributed by atoms with Crippen LogP contribution in [-0.4, -0.2) is 18.5 Å².